The first-order valence-corrected chi connectivity index (χ1v) is 24.0. The lowest BCUT2D eigenvalue weighted by molar-refractivity contribution is -0.360. The minimum atomic E-state index is -1.78. The molecule has 0 radical (unpaired) electrons. The average Bonchev–Trinajstić information content (AvgIpc) is 3.21. The highest BCUT2D eigenvalue weighted by molar-refractivity contribution is 7.99. The first kappa shape index (κ1) is 57.3. The van der Waals surface area contributed by atoms with Crippen LogP contribution in [0, 0.1) is 0 Å². The fourth-order valence-corrected chi connectivity index (χ4v) is 8.39. The molecule has 372 valence electrons. The van der Waals surface area contributed by atoms with Crippen LogP contribution in [-0.2, 0) is 85.7 Å². The molecule has 2 fully saturated rings. The Bertz CT molecular complexity index is 1510. The third kappa shape index (κ3) is 23.5. The molecule has 0 aromatic heterocycles. The van der Waals surface area contributed by atoms with Crippen LogP contribution in [0.4, 0.5) is 0 Å². The lowest BCUT2D eigenvalue weighted by atomic mass is 9.96. The molecule has 65 heavy (non-hydrogen) atoms. The first-order valence-electron chi connectivity index (χ1n) is 22.9. The zero-order valence-electron chi connectivity index (χ0n) is 39.7. The third-order valence-corrected chi connectivity index (χ3v) is 11.5. The van der Waals surface area contributed by atoms with E-state index < -0.39 is 116 Å². The summed E-state index contributed by atoms with van der Waals surface area (Å²) in [7, 11) is 0. The second-order valence-electron chi connectivity index (χ2n) is 16.4. The monoisotopic (exact) mass is 946 g/mol. The summed E-state index contributed by atoms with van der Waals surface area (Å²) >= 11 is 1.71. The number of thioether (sulfide) groups is 1. The third-order valence-electron chi connectivity index (χ3n) is 10.3. The van der Waals surface area contributed by atoms with E-state index in [0.717, 1.165) is 67.1 Å². The summed E-state index contributed by atoms with van der Waals surface area (Å²) < 4.78 is 63.3. The summed E-state index contributed by atoms with van der Waals surface area (Å²) in [6.45, 7) is 12.9. The highest BCUT2D eigenvalue weighted by Crippen LogP contribution is 2.36. The lowest BCUT2D eigenvalue weighted by Gasteiger charge is -2.48. The lowest BCUT2D eigenvalue weighted by Crippen LogP contribution is -2.67. The van der Waals surface area contributed by atoms with Crippen molar-refractivity contribution < 1.29 is 85.7 Å². The molecule has 2 heterocycles. The summed E-state index contributed by atoms with van der Waals surface area (Å²) in [6.07, 6.45) is 2.58. The molecule has 0 unspecified atom stereocenters. The molecular formula is C46H74O18S. The van der Waals surface area contributed by atoms with Crippen molar-refractivity contribution in [3.05, 3.63) is 12.2 Å². The van der Waals surface area contributed by atoms with Crippen LogP contribution in [0.2, 0.25) is 0 Å². The van der Waals surface area contributed by atoms with E-state index in [-0.39, 0.29) is 6.61 Å². The Morgan fingerprint density at radius 1 is 0.462 bits per heavy atom. The number of carbonyl (C=O) groups is 7. The predicted molar refractivity (Wildman–Crippen MR) is 236 cm³/mol. The van der Waals surface area contributed by atoms with Gasteiger partial charge in [0, 0.05) is 54.2 Å². The maximum absolute atomic E-state index is 12.7. The molecule has 0 saturated carbocycles. The van der Waals surface area contributed by atoms with Crippen LogP contribution in [0.1, 0.15) is 145 Å². The maximum atomic E-state index is 12.7. The smallest absolute Gasteiger partial charge is 0.303 e. The highest BCUT2D eigenvalue weighted by Gasteiger charge is 2.57. The van der Waals surface area contributed by atoms with Crippen molar-refractivity contribution in [3.8, 4) is 0 Å². The Morgan fingerprint density at radius 3 is 1.28 bits per heavy atom. The largest absolute Gasteiger partial charge is 0.463 e. The van der Waals surface area contributed by atoms with Gasteiger partial charge in [-0.3, -0.25) is 33.6 Å². The van der Waals surface area contributed by atoms with Crippen molar-refractivity contribution in [1.29, 1.82) is 0 Å². The van der Waals surface area contributed by atoms with Gasteiger partial charge in [-0.05, 0) is 17.7 Å². The molecule has 0 bridgehead atoms. The number of hydrogen-bond donors (Lipinski definition) is 0. The second kappa shape index (κ2) is 32.0. The van der Waals surface area contributed by atoms with Crippen molar-refractivity contribution >= 4 is 53.5 Å². The van der Waals surface area contributed by atoms with Gasteiger partial charge in [-0.2, -0.15) is 11.8 Å². The van der Waals surface area contributed by atoms with Crippen LogP contribution in [0.3, 0.4) is 0 Å². The van der Waals surface area contributed by atoms with E-state index in [2.05, 4.69) is 13.5 Å². The van der Waals surface area contributed by atoms with Gasteiger partial charge in [-0.15, -0.1) is 0 Å². The molecule has 2 rings (SSSR count). The normalized spacial score (nSPS) is 25.1. The molecule has 0 N–H and O–H groups in total. The zero-order valence-corrected chi connectivity index (χ0v) is 40.5. The molecule has 2 aliphatic rings. The molecule has 0 spiro atoms. The van der Waals surface area contributed by atoms with Crippen molar-refractivity contribution in [2.75, 3.05) is 31.3 Å². The molecule has 2 saturated heterocycles. The van der Waals surface area contributed by atoms with Crippen molar-refractivity contribution in [2.45, 2.75) is 207 Å². The van der Waals surface area contributed by atoms with Gasteiger partial charge in [0.05, 0.1) is 6.61 Å². The Kier molecular flexibility index (Phi) is 28.2. The summed E-state index contributed by atoms with van der Waals surface area (Å²) in [4.78, 5) is 86.5. The van der Waals surface area contributed by atoms with Gasteiger partial charge in [0.1, 0.15) is 31.5 Å². The minimum Gasteiger partial charge on any atom is -0.463 e. The Morgan fingerprint density at radius 2 is 0.831 bits per heavy atom. The Labute approximate surface area is 388 Å². The predicted octanol–water partition coefficient (Wildman–Crippen LogP) is 6.39. The van der Waals surface area contributed by atoms with Gasteiger partial charge in [0.25, 0.3) is 0 Å². The number of unbranched alkanes of at least 4 members (excludes halogenated alkanes) is 13. The highest BCUT2D eigenvalue weighted by atomic mass is 32.2. The molecule has 19 heteroatoms. The standard InChI is InChI=1S/C46H74O18S/c1-10-11-12-13-14-15-16-17-18-19-20-21-22-23-24-65-28-29(2)25-56-45-43(60-35(8)52)42(59-34(7)51)40(38(62-45)27-55-31(4)48)64-46-44(61-36(9)53)41(58-33(6)50)39(57-32(5)49)37(63-46)26-54-30(3)47/h37-46H,2,10-28H2,1,3-9H3/t37-,38-,39+,40-,41+,42+,43-,44-,45-,46+/m1/s1. The molecule has 0 aliphatic carbocycles. The van der Waals surface area contributed by atoms with Gasteiger partial charge < -0.3 is 52.1 Å². The number of rotatable bonds is 31. The number of hydrogen-bond acceptors (Lipinski definition) is 19. The fourth-order valence-electron chi connectivity index (χ4n) is 7.46. The van der Waals surface area contributed by atoms with Crippen molar-refractivity contribution in [3.63, 3.8) is 0 Å². The maximum Gasteiger partial charge on any atom is 0.303 e. The van der Waals surface area contributed by atoms with Gasteiger partial charge in [-0.25, -0.2) is 0 Å². The number of esters is 7. The molecule has 2 aliphatic heterocycles. The van der Waals surface area contributed by atoms with E-state index >= 15 is 0 Å². The first-order chi connectivity index (χ1) is 30.9. The van der Waals surface area contributed by atoms with Crippen LogP contribution in [0.15, 0.2) is 12.2 Å². The van der Waals surface area contributed by atoms with Crippen LogP contribution in [0.5, 0.6) is 0 Å². The van der Waals surface area contributed by atoms with Crippen LogP contribution < -0.4 is 0 Å². The molecule has 18 nitrogen and oxygen atoms in total. The van der Waals surface area contributed by atoms with E-state index in [1.165, 1.54) is 77.0 Å². The minimum absolute atomic E-state index is 0.0491. The van der Waals surface area contributed by atoms with E-state index in [4.69, 9.17) is 52.1 Å². The van der Waals surface area contributed by atoms with Crippen LogP contribution >= 0.6 is 11.8 Å². The topological polar surface area (TPSA) is 221 Å². The summed E-state index contributed by atoms with van der Waals surface area (Å²) in [5.74, 6) is -4.23. The quantitative estimate of drug-likeness (QED) is 0.0318. The zero-order chi connectivity index (χ0) is 48.3. The average molecular weight is 947 g/mol. The summed E-state index contributed by atoms with van der Waals surface area (Å²) in [5, 5.41) is 0. The van der Waals surface area contributed by atoms with Gasteiger partial charge in [-0.1, -0.05) is 97.0 Å². The number of carbonyl (C=O) groups excluding carboxylic acids is 7. The molecule has 10 atom stereocenters. The fraction of sp³-hybridized carbons (Fsp3) is 0.804. The van der Waals surface area contributed by atoms with E-state index in [1.807, 2.05) is 0 Å². The van der Waals surface area contributed by atoms with Crippen LogP contribution in [-0.4, -0.2) is 135 Å². The van der Waals surface area contributed by atoms with Gasteiger partial charge >= 0.3 is 41.8 Å². The molecular weight excluding hydrogens is 873 g/mol. The SMILES string of the molecule is C=C(CO[C@@H]1O[C@H](COC(C)=O)[C@@H](O[C@@H]2O[C@H](COC(C)=O)[C@H](OC(C)=O)[C@H](OC(C)=O)[C@H]2OC(C)=O)[C@H](OC(C)=O)[C@H]1OC(C)=O)CSCCCCCCCCCCCCCCCC. The Hall–Kier alpha value is -3.78. The molecule has 0 amide bonds. The second-order valence-corrected chi connectivity index (χ2v) is 17.5. The van der Waals surface area contributed by atoms with Crippen LogP contribution in [0.25, 0.3) is 0 Å². The number of ether oxygens (including phenoxy) is 11. The van der Waals surface area contributed by atoms with Crippen molar-refractivity contribution in [2.24, 2.45) is 0 Å². The van der Waals surface area contributed by atoms with Gasteiger partial charge in [0.2, 0.25) is 0 Å². The Balaban J connectivity index is 2.23. The summed E-state index contributed by atoms with van der Waals surface area (Å²) in [6, 6.07) is 0. The van der Waals surface area contributed by atoms with E-state index in [9.17, 15) is 33.6 Å². The molecule has 0 aromatic carbocycles. The van der Waals surface area contributed by atoms with E-state index in [1.54, 1.807) is 11.8 Å². The van der Waals surface area contributed by atoms with Gasteiger partial charge in [0.15, 0.2) is 43.1 Å². The van der Waals surface area contributed by atoms with E-state index in [0.29, 0.717) is 11.3 Å². The van der Waals surface area contributed by atoms with Crippen molar-refractivity contribution in [1.82, 2.24) is 0 Å². The summed E-state index contributed by atoms with van der Waals surface area (Å²) in [5.41, 5.74) is 0.696. The molecule has 0 aromatic rings.